The second kappa shape index (κ2) is 7.40. The highest BCUT2D eigenvalue weighted by Gasteiger charge is 2.36. The number of rotatable bonds is 4. The normalized spacial score (nSPS) is 12.1. The lowest BCUT2D eigenvalue weighted by Gasteiger charge is -2.12. The van der Waals surface area contributed by atoms with Crippen LogP contribution in [0.15, 0.2) is 72.8 Å². The molecule has 0 bridgehead atoms. The first-order valence-corrected chi connectivity index (χ1v) is 8.62. The smallest absolute Gasteiger partial charge is 0.345 e. The van der Waals surface area contributed by atoms with Crippen molar-refractivity contribution in [3.8, 4) is 11.5 Å². The zero-order valence-corrected chi connectivity index (χ0v) is 14.9. The summed E-state index contributed by atoms with van der Waals surface area (Å²) < 4.78 is 10.6. The molecule has 4 rings (SSSR count). The van der Waals surface area contributed by atoms with Crippen LogP contribution in [0.3, 0.4) is 0 Å². The average molecular weight is 387 g/mol. The summed E-state index contributed by atoms with van der Waals surface area (Å²) in [6, 6.07) is 19.0. The summed E-state index contributed by atoms with van der Waals surface area (Å²) in [5.74, 6) is -2.74. The van der Waals surface area contributed by atoms with Gasteiger partial charge in [-0.1, -0.05) is 36.4 Å². The fourth-order valence-corrected chi connectivity index (χ4v) is 2.94. The summed E-state index contributed by atoms with van der Waals surface area (Å²) in [5.41, 5.74) is -0.723. The van der Waals surface area contributed by atoms with Crippen molar-refractivity contribution in [1.82, 2.24) is 5.32 Å². The molecule has 1 heterocycles. The van der Waals surface area contributed by atoms with Crippen LogP contribution in [-0.2, 0) is 0 Å². The Morgan fingerprint density at radius 1 is 0.655 bits per heavy atom. The third-order valence-corrected chi connectivity index (χ3v) is 4.24. The first-order chi connectivity index (χ1) is 14.0. The van der Waals surface area contributed by atoms with E-state index in [0.29, 0.717) is 0 Å². The number of ether oxygens (including phenoxy) is 2. The van der Waals surface area contributed by atoms with E-state index in [1.54, 1.807) is 60.7 Å². The third kappa shape index (κ3) is 3.49. The van der Waals surface area contributed by atoms with Crippen molar-refractivity contribution >= 4 is 23.8 Å². The van der Waals surface area contributed by atoms with Gasteiger partial charge in [0.2, 0.25) is 0 Å². The first kappa shape index (κ1) is 18.1. The quantitative estimate of drug-likeness (QED) is 0.420. The van der Waals surface area contributed by atoms with Crippen LogP contribution < -0.4 is 14.8 Å². The van der Waals surface area contributed by atoms with Gasteiger partial charge in [-0.2, -0.15) is 0 Å². The number of para-hydroxylation sites is 2. The molecule has 0 spiro atoms. The molecule has 7 heteroatoms. The van der Waals surface area contributed by atoms with Crippen LogP contribution in [0.2, 0.25) is 0 Å². The van der Waals surface area contributed by atoms with Gasteiger partial charge in [-0.05, 0) is 36.4 Å². The third-order valence-electron chi connectivity index (χ3n) is 4.24. The molecule has 0 saturated carbocycles. The standard InChI is InChI=1S/C22H13NO6/c24-19-15-11-12-16(21(26)28-13-7-3-1-4-8-13)18(17(15)20(25)23-19)22(27)29-14-9-5-2-6-10-14/h1-12H,(H,23,24,25). The molecule has 0 fully saturated rings. The Balaban J connectivity index is 1.78. The molecule has 0 atom stereocenters. The number of fused-ring (bicyclic) bond motifs is 1. The minimum atomic E-state index is -0.946. The molecule has 29 heavy (non-hydrogen) atoms. The lowest BCUT2D eigenvalue weighted by Crippen LogP contribution is -2.23. The zero-order chi connectivity index (χ0) is 20.4. The molecular formula is C22H13NO6. The van der Waals surface area contributed by atoms with Crippen LogP contribution in [0.5, 0.6) is 11.5 Å². The topological polar surface area (TPSA) is 98.8 Å². The molecule has 2 amide bonds. The van der Waals surface area contributed by atoms with E-state index in [4.69, 9.17) is 9.47 Å². The molecule has 3 aromatic rings. The lowest BCUT2D eigenvalue weighted by molar-refractivity contribution is 0.0689. The number of hydrogen-bond acceptors (Lipinski definition) is 6. The molecule has 0 radical (unpaired) electrons. The maximum absolute atomic E-state index is 12.9. The second-order valence-corrected chi connectivity index (χ2v) is 6.10. The number of carbonyl (C=O) groups is 4. The lowest BCUT2D eigenvalue weighted by atomic mass is 9.97. The van der Waals surface area contributed by atoms with E-state index in [0.717, 1.165) is 0 Å². The highest BCUT2D eigenvalue weighted by molar-refractivity contribution is 6.26. The molecular weight excluding hydrogens is 374 g/mol. The predicted molar refractivity (Wildman–Crippen MR) is 101 cm³/mol. The van der Waals surface area contributed by atoms with Crippen molar-refractivity contribution in [2.24, 2.45) is 0 Å². The summed E-state index contributed by atoms with van der Waals surface area (Å²) in [6.45, 7) is 0. The van der Waals surface area contributed by atoms with Gasteiger partial charge in [0.1, 0.15) is 11.5 Å². The first-order valence-electron chi connectivity index (χ1n) is 8.62. The molecule has 1 N–H and O–H groups in total. The largest absolute Gasteiger partial charge is 0.423 e. The number of esters is 2. The maximum atomic E-state index is 12.9. The van der Waals surface area contributed by atoms with E-state index >= 15 is 0 Å². The minimum absolute atomic E-state index is 0.00808. The van der Waals surface area contributed by atoms with Crippen LogP contribution in [0.1, 0.15) is 41.4 Å². The Bertz CT molecular complexity index is 1140. The Labute approximate surface area is 164 Å². The van der Waals surface area contributed by atoms with Crippen LogP contribution >= 0.6 is 0 Å². The number of carbonyl (C=O) groups excluding carboxylic acids is 4. The Morgan fingerprint density at radius 2 is 1.21 bits per heavy atom. The van der Waals surface area contributed by atoms with Gasteiger partial charge in [-0.3, -0.25) is 14.9 Å². The van der Waals surface area contributed by atoms with E-state index < -0.39 is 23.8 Å². The molecule has 0 aromatic heterocycles. The summed E-state index contributed by atoms with van der Waals surface area (Å²) in [7, 11) is 0. The van der Waals surface area contributed by atoms with Crippen LogP contribution in [0.25, 0.3) is 0 Å². The number of amides is 2. The van der Waals surface area contributed by atoms with E-state index in [1.165, 1.54) is 12.1 Å². The minimum Gasteiger partial charge on any atom is -0.423 e. The molecule has 3 aromatic carbocycles. The summed E-state index contributed by atoms with van der Waals surface area (Å²) >= 11 is 0. The fourth-order valence-electron chi connectivity index (χ4n) is 2.94. The summed E-state index contributed by atoms with van der Waals surface area (Å²) in [6.07, 6.45) is 0. The number of imide groups is 1. The molecule has 0 unspecified atom stereocenters. The summed E-state index contributed by atoms with van der Waals surface area (Å²) in [5, 5.41) is 2.12. The van der Waals surface area contributed by atoms with E-state index in [9.17, 15) is 19.2 Å². The Kier molecular flexibility index (Phi) is 4.62. The Morgan fingerprint density at radius 3 is 1.79 bits per heavy atom. The SMILES string of the molecule is O=C1NC(=O)c2c1ccc(C(=O)Oc1ccccc1)c2C(=O)Oc1ccccc1. The van der Waals surface area contributed by atoms with Crippen molar-refractivity contribution in [3.63, 3.8) is 0 Å². The van der Waals surface area contributed by atoms with Crippen molar-refractivity contribution in [2.45, 2.75) is 0 Å². The summed E-state index contributed by atoms with van der Waals surface area (Å²) in [4.78, 5) is 49.9. The van der Waals surface area contributed by atoms with Gasteiger partial charge in [0.05, 0.1) is 22.3 Å². The van der Waals surface area contributed by atoms with E-state index in [1.807, 2.05) is 0 Å². The van der Waals surface area contributed by atoms with Crippen molar-refractivity contribution in [2.75, 3.05) is 0 Å². The van der Waals surface area contributed by atoms with Gasteiger partial charge in [-0.25, -0.2) is 9.59 Å². The van der Waals surface area contributed by atoms with Gasteiger partial charge >= 0.3 is 11.9 Å². The maximum Gasteiger partial charge on any atom is 0.345 e. The fraction of sp³-hybridized carbons (Fsp3) is 0. The van der Waals surface area contributed by atoms with Gasteiger partial charge in [0, 0.05) is 0 Å². The van der Waals surface area contributed by atoms with Crippen molar-refractivity contribution < 1.29 is 28.7 Å². The monoisotopic (exact) mass is 387 g/mol. The number of nitrogens with one attached hydrogen (secondary N) is 1. The predicted octanol–water partition coefficient (Wildman–Crippen LogP) is 3.01. The second-order valence-electron chi connectivity index (χ2n) is 6.10. The molecule has 0 aliphatic carbocycles. The van der Waals surface area contributed by atoms with Gasteiger partial charge < -0.3 is 9.47 Å². The van der Waals surface area contributed by atoms with Crippen LogP contribution in [0.4, 0.5) is 0 Å². The Hall–Kier alpha value is -4.26. The molecule has 0 saturated heterocycles. The van der Waals surface area contributed by atoms with Crippen molar-refractivity contribution in [3.05, 3.63) is 95.1 Å². The van der Waals surface area contributed by atoms with E-state index in [2.05, 4.69) is 5.32 Å². The molecule has 1 aliphatic rings. The van der Waals surface area contributed by atoms with Gasteiger partial charge in [0.15, 0.2) is 0 Å². The number of benzene rings is 3. The molecule has 7 nitrogen and oxygen atoms in total. The van der Waals surface area contributed by atoms with Crippen LogP contribution in [0, 0.1) is 0 Å². The number of hydrogen-bond donors (Lipinski definition) is 1. The van der Waals surface area contributed by atoms with Crippen LogP contribution in [-0.4, -0.2) is 23.8 Å². The molecule has 1 aliphatic heterocycles. The highest BCUT2D eigenvalue weighted by Crippen LogP contribution is 2.26. The van der Waals surface area contributed by atoms with E-state index in [-0.39, 0.29) is 33.8 Å². The highest BCUT2D eigenvalue weighted by atomic mass is 16.5. The zero-order valence-electron chi connectivity index (χ0n) is 14.9. The molecule has 142 valence electrons. The van der Waals surface area contributed by atoms with Gasteiger partial charge in [-0.15, -0.1) is 0 Å². The average Bonchev–Trinajstić information content (AvgIpc) is 3.02. The van der Waals surface area contributed by atoms with Gasteiger partial charge in [0.25, 0.3) is 11.8 Å². The van der Waals surface area contributed by atoms with Crippen molar-refractivity contribution in [1.29, 1.82) is 0 Å².